The molecule has 5 nitrogen and oxygen atoms in total. The summed E-state index contributed by atoms with van der Waals surface area (Å²) in [6, 6.07) is 0. The average Bonchev–Trinajstić information content (AvgIpc) is 2.35. The lowest BCUT2D eigenvalue weighted by molar-refractivity contribution is -0.140. The number of primary amides is 1. The number of nitrogens with two attached hydrogens (primary N) is 1. The van der Waals surface area contributed by atoms with Crippen molar-refractivity contribution in [3.63, 3.8) is 0 Å². The third kappa shape index (κ3) is 5.04. The van der Waals surface area contributed by atoms with Gasteiger partial charge in [-0.05, 0) is 32.1 Å². The van der Waals surface area contributed by atoms with Crippen molar-refractivity contribution in [1.29, 1.82) is 0 Å². The maximum absolute atomic E-state index is 11.9. The van der Waals surface area contributed by atoms with E-state index in [2.05, 4.69) is 0 Å². The first-order valence-corrected chi connectivity index (χ1v) is 6.70. The van der Waals surface area contributed by atoms with E-state index in [0.29, 0.717) is 13.0 Å². The topological polar surface area (TPSA) is 72.6 Å². The van der Waals surface area contributed by atoms with Crippen LogP contribution in [-0.2, 0) is 14.3 Å². The standard InChI is InChI=1S/C13H24N2O3/c1-3-10(2)18-9-13(17)15-6-4-5-11(8-15)7-12(14)16/h10-11H,3-9H2,1-2H3,(H2,14,16)/t10-,11-/m1/s1. The Hall–Kier alpha value is -1.10. The summed E-state index contributed by atoms with van der Waals surface area (Å²) in [6.45, 7) is 5.51. The highest BCUT2D eigenvalue weighted by molar-refractivity contribution is 5.78. The van der Waals surface area contributed by atoms with Crippen molar-refractivity contribution in [1.82, 2.24) is 4.90 Å². The second-order valence-corrected chi connectivity index (χ2v) is 5.05. The molecule has 18 heavy (non-hydrogen) atoms. The van der Waals surface area contributed by atoms with Gasteiger partial charge in [0.2, 0.25) is 11.8 Å². The summed E-state index contributed by atoms with van der Waals surface area (Å²) >= 11 is 0. The summed E-state index contributed by atoms with van der Waals surface area (Å²) in [4.78, 5) is 24.6. The zero-order valence-corrected chi connectivity index (χ0v) is 11.4. The number of carbonyl (C=O) groups excluding carboxylic acids is 2. The number of ether oxygens (including phenoxy) is 1. The Morgan fingerprint density at radius 1 is 1.50 bits per heavy atom. The second-order valence-electron chi connectivity index (χ2n) is 5.05. The van der Waals surface area contributed by atoms with E-state index < -0.39 is 0 Å². The van der Waals surface area contributed by atoms with E-state index in [1.807, 2.05) is 13.8 Å². The van der Waals surface area contributed by atoms with E-state index in [1.54, 1.807) is 4.90 Å². The van der Waals surface area contributed by atoms with Crippen LogP contribution in [0.25, 0.3) is 0 Å². The maximum atomic E-state index is 11.9. The fourth-order valence-corrected chi connectivity index (χ4v) is 2.17. The monoisotopic (exact) mass is 256 g/mol. The van der Waals surface area contributed by atoms with Gasteiger partial charge in [-0.3, -0.25) is 9.59 Å². The molecule has 0 bridgehead atoms. The molecule has 0 unspecified atom stereocenters. The first-order valence-electron chi connectivity index (χ1n) is 6.70. The molecule has 0 aromatic heterocycles. The summed E-state index contributed by atoms with van der Waals surface area (Å²) < 4.78 is 5.44. The van der Waals surface area contributed by atoms with Crippen LogP contribution >= 0.6 is 0 Å². The van der Waals surface area contributed by atoms with E-state index >= 15 is 0 Å². The number of carbonyl (C=O) groups is 2. The van der Waals surface area contributed by atoms with Gasteiger partial charge < -0.3 is 15.4 Å². The van der Waals surface area contributed by atoms with Crippen LogP contribution < -0.4 is 5.73 Å². The molecule has 2 N–H and O–H groups in total. The predicted molar refractivity (Wildman–Crippen MR) is 68.8 cm³/mol. The van der Waals surface area contributed by atoms with Crippen LogP contribution in [0, 0.1) is 5.92 Å². The fourth-order valence-electron chi connectivity index (χ4n) is 2.17. The van der Waals surface area contributed by atoms with E-state index in [9.17, 15) is 9.59 Å². The highest BCUT2D eigenvalue weighted by atomic mass is 16.5. The van der Waals surface area contributed by atoms with Crippen LogP contribution in [0.4, 0.5) is 0 Å². The number of amides is 2. The smallest absolute Gasteiger partial charge is 0.248 e. The van der Waals surface area contributed by atoms with Crippen LogP contribution in [0.15, 0.2) is 0 Å². The van der Waals surface area contributed by atoms with E-state index in [1.165, 1.54) is 0 Å². The number of rotatable bonds is 6. The molecule has 0 aromatic carbocycles. The Morgan fingerprint density at radius 2 is 2.22 bits per heavy atom. The molecular formula is C13H24N2O3. The lowest BCUT2D eigenvalue weighted by atomic mass is 9.94. The number of likely N-dealkylation sites (tertiary alicyclic amines) is 1. The van der Waals surface area contributed by atoms with Gasteiger partial charge in [-0.15, -0.1) is 0 Å². The number of piperidine rings is 1. The molecule has 0 aromatic rings. The van der Waals surface area contributed by atoms with Gasteiger partial charge in [0.15, 0.2) is 0 Å². The van der Waals surface area contributed by atoms with Crippen LogP contribution in [0.5, 0.6) is 0 Å². The highest BCUT2D eigenvalue weighted by Gasteiger charge is 2.24. The van der Waals surface area contributed by atoms with Crippen LogP contribution in [-0.4, -0.2) is 42.5 Å². The average molecular weight is 256 g/mol. The van der Waals surface area contributed by atoms with Crippen LogP contribution in [0.1, 0.15) is 39.5 Å². The number of hydrogen-bond donors (Lipinski definition) is 1. The predicted octanol–water partition coefficient (Wildman–Crippen LogP) is 0.915. The van der Waals surface area contributed by atoms with E-state index in [0.717, 1.165) is 25.8 Å². The molecule has 104 valence electrons. The lowest BCUT2D eigenvalue weighted by Gasteiger charge is -2.32. The molecule has 1 fully saturated rings. The zero-order chi connectivity index (χ0) is 13.5. The summed E-state index contributed by atoms with van der Waals surface area (Å²) in [5.41, 5.74) is 5.19. The summed E-state index contributed by atoms with van der Waals surface area (Å²) in [5, 5.41) is 0. The minimum atomic E-state index is -0.287. The molecule has 0 radical (unpaired) electrons. The Labute approximate surface area is 109 Å². The van der Waals surface area contributed by atoms with Crippen LogP contribution in [0.2, 0.25) is 0 Å². The second kappa shape index (κ2) is 7.36. The highest BCUT2D eigenvalue weighted by Crippen LogP contribution is 2.19. The van der Waals surface area contributed by atoms with Crippen molar-refractivity contribution in [3.8, 4) is 0 Å². The van der Waals surface area contributed by atoms with E-state index in [-0.39, 0.29) is 30.4 Å². The van der Waals surface area contributed by atoms with Gasteiger partial charge in [-0.2, -0.15) is 0 Å². The summed E-state index contributed by atoms with van der Waals surface area (Å²) in [6.07, 6.45) is 3.29. The first-order chi connectivity index (χ1) is 8.52. The van der Waals surface area contributed by atoms with Gasteiger partial charge in [-0.1, -0.05) is 6.92 Å². The quantitative estimate of drug-likeness (QED) is 0.768. The number of hydrogen-bond acceptors (Lipinski definition) is 3. The normalized spacial score (nSPS) is 21.7. The molecule has 2 atom stereocenters. The van der Waals surface area contributed by atoms with Gasteiger partial charge in [0.25, 0.3) is 0 Å². The van der Waals surface area contributed by atoms with Crippen molar-refractivity contribution >= 4 is 11.8 Å². The Balaban J connectivity index is 2.36. The summed E-state index contributed by atoms with van der Waals surface area (Å²) in [5.74, 6) is -0.0570. The van der Waals surface area contributed by atoms with Gasteiger partial charge in [0, 0.05) is 19.5 Å². The minimum absolute atomic E-state index is 0.0180. The van der Waals surface area contributed by atoms with Gasteiger partial charge >= 0.3 is 0 Å². The van der Waals surface area contributed by atoms with Gasteiger partial charge in [0.05, 0.1) is 6.10 Å². The SMILES string of the molecule is CC[C@@H](C)OCC(=O)N1CCC[C@H](CC(N)=O)C1. The molecule has 0 saturated carbocycles. The van der Waals surface area contributed by atoms with Gasteiger partial charge in [-0.25, -0.2) is 0 Å². The van der Waals surface area contributed by atoms with Crippen molar-refractivity contribution in [2.24, 2.45) is 11.7 Å². The minimum Gasteiger partial charge on any atom is -0.370 e. The van der Waals surface area contributed by atoms with Crippen molar-refractivity contribution < 1.29 is 14.3 Å². The molecule has 0 spiro atoms. The molecule has 2 amide bonds. The Bertz CT molecular complexity index is 294. The first kappa shape index (κ1) is 15.0. The maximum Gasteiger partial charge on any atom is 0.248 e. The van der Waals surface area contributed by atoms with Crippen LogP contribution in [0.3, 0.4) is 0 Å². The number of nitrogens with zero attached hydrogens (tertiary/aromatic N) is 1. The third-order valence-corrected chi connectivity index (χ3v) is 3.43. The molecule has 1 aliphatic rings. The third-order valence-electron chi connectivity index (χ3n) is 3.43. The Morgan fingerprint density at radius 3 is 2.83 bits per heavy atom. The van der Waals surface area contributed by atoms with E-state index in [4.69, 9.17) is 10.5 Å². The molecule has 1 rings (SSSR count). The molecule has 0 aliphatic carbocycles. The Kier molecular flexibility index (Phi) is 6.12. The van der Waals surface area contributed by atoms with Crippen molar-refractivity contribution in [2.75, 3.05) is 19.7 Å². The molecule has 1 aliphatic heterocycles. The largest absolute Gasteiger partial charge is 0.370 e. The fraction of sp³-hybridized carbons (Fsp3) is 0.846. The molecular weight excluding hydrogens is 232 g/mol. The zero-order valence-electron chi connectivity index (χ0n) is 11.4. The molecule has 1 heterocycles. The summed E-state index contributed by atoms with van der Waals surface area (Å²) in [7, 11) is 0. The molecule has 1 saturated heterocycles. The lowest BCUT2D eigenvalue weighted by Crippen LogP contribution is -2.43. The van der Waals surface area contributed by atoms with Crippen molar-refractivity contribution in [2.45, 2.75) is 45.6 Å². The molecule has 5 heteroatoms. The van der Waals surface area contributed by atoms with Crippen molar-refractivity contribution in [3.05, 3.63) is 0 Å². The van der Waals surface area contributed by atoms with Gasteiger partial charge in [0.1, 0.15) is 6.61 Å².